The molecule has 0 fully saturated rings. The fraction of sp³-hybridized carbons (Fsp3) is 0.250. The zero-order valence-corrected chi connectivity index (χ0v) is 10.2. The molecular weight excluding hydrogens is 224 g/mol. The van der Waals surface area contributed by atoms with Crippen LogP contribution in [0.5, 0.6) is 10.8 Å². The number of fused-ring (bicyclic) bond motifs is 1. The van der Waals surface area contributed by atoms with Gasteiger partial charge in [-0.05, 0) is 19.1 Å². The molecule has 4 heteroatoms. The minimum absolute atomic E-state index is 0.114. The van der Waals surface area contributed by atoms with Gasteiger partial charge in [-0.3, -0.25) is 4.79 Å². The minimum atomic E-state index is -0.114. The third-order valence-corrected chi connectivity index (χ3v) is 3.48. The first-order valence-electron chi connectivity index (χ1n) is 4.83. The fourth-order valence-corrected chi connectivity index (χ4v) is 2.53. The van der Waals surface area contributed by atoms with E-state index in [9.17, 15) is 4.79 Å². The van der Waals surface area contributed by atoms with Crippen molar-refractivity contribution in [2.75, 3.05) is 14.2 Å². The van der Waals surface area contributed by atoms with E-state index in [-0.39, 0.29) is 11.2 Å². The first-order valence-corrected chi connectivity index (χ1v) is 5.64. The highest BCUT2D eigenvalue weighted by molar-refractivity contribution is 7.20. The van der Waals surface area contributed by atoms with Crippen LogP contribution in [0.1, 0.15) is 5.56 Å². The lowest BCUT2D eigenvalue weighted by molar-refractivity contribution is 0.361. The normalized spacial score (nSPS) is 10.4. The second-order valence-corrected chi connectivity index (χ2v) is 4.47. The molecule has 1 aromatic carbocycles. The number of hydrogen-bond acceptors (Lipinski definition) is 4. The average Bonchev–Trinajstić information content (AvgIpc) is 2.29. The van der Waals surface area contributed by atoms with Crippen LogP contribution in [0, 0.1) is 6.92 Å². The summed E-state index contributed by atoms with van der Waals surface area (Å²) in [7, 11) is 3.02. The quantitative estimate of drug-likeness (QED) is 0.804. The molecule has 2 aromatic rings. The Labute approximate surface area is 97.2 Å². The Morgan fingerprint density at radius 1 is 1.19 bits per heavy atom. The van der Waals surface area contributed by atoms with Crippen molar-refractivity contribution < 1.29 is 9.47 Å². The summed E-state index contributed by atoms with van der Waals surface area (Å²) in [6, 6.07) is 5.78. The third kappa shape index (κ3) is 1.65. The Balaban J connectivity index is 2.88. The summed E-state index contributed by atoms with van der Waals surface area (Å²) in [6.45, 7) is 1.96. The molecule has 2 rings (SSSR count). The second-order valence-electron chi connectivity index (χ2n) is 3.46. The average molecular weight is 236 g/mol. The van der Waals surface area contributed by atoms with Crippen molar-refractivity contribution >= 4 is 21.4 Å². The van der Waals surface area contributed by atoms with Crippen LogP contribution >= 0.6 is 11.3 Å². The summed E-state index contributed by atoms with van der Waals surface area (Å²) in [5.74, 6) is 0.283. The van der Waals surface area contributed by atoms with Crippen molar-refractivity contribution in [3.8, 4) is 10.8 Å². The van der Waals surface area contributed by atoms with Crippen molar-refractivity contribution in [1.82, 2.24) is 0 Å². The smallest absolute Gasteiger partial charge is 0.233 e. The maximum atomic E-state index is 12.1. The molecule has 0 amide bonds. The molecule has 0 radical (unpaired) electrons. The van der Waals surface area contributed by atoms with E-state index in [0.717, 1.165) is 10.3 Å². The van der Waals surface area contributed by atoms with Crippen LogP contribution in [0.4, 0.5) is 0 Å². The topological polar surface area (TPSA) is 35.5 Å². The molecule has 84 valence electrons. The lowest BCUT2D eigenvalue weighted by Gasteiger charge is -2.07. The largest absolute Gasteiger partial charge is 0.489 e. The van der Waals surface area contributed by atoms with Gasteiger partial charge in [0.2, 0.25) is 16.2 Å². The summed E-state index contributed by atoms with van der Waals surface area (Å²) in [4.78, 5) is 12.1. The van der Waals surface area contributed by atoms with Crippen molar-refractivity contribution in [3.05, 3.63) is 34.0 Å². The predicted molar refractivity (Wildman–Crippen MR) is 65.9 cm³/mol. The van der Waals surface area contributed by atoms with Crippen molar-refractivity contribution in [2.45, 2.75) is 6.92 Å². The van der Waals surface area contributed by atoms with Crippen molar-refractivity contribution in [3.63, 3.8) is 0 Å². The van der Waals surface area contributed by atoms with Crippen LogP contribution in [-0.2, 0) is 0 Å². The van der Waals surface area contributed by atoms with E-state index in [2.05, 4.69) is 0 Å². The lowest BCUT2D eigenvalue weighted by atomic mass is 10.2. The van der Waals surface area contributed by atoms with Crippen LogP contribution in [0.3, 0.4) is 0 Å². The lowest BCUT2D eigenvalue weighted by Crippen LogP contribution is -2.06. The predicted octanol–water partition coefficient (Wildman–Crippen LogP) is 2.59. The zero-order valence-electron chi connectivity index (χ0n) is 9.37. The first-order chi connectivity index (χ1) is 7.67. The van der Waals surface area contributed by atoms with E-state index in [0.29, 0.717) is 10.4 Å². The summed E-state index contributed by atoms with van der Waals surface area (Å²) in [6.07, 6.45) is 0. The van der Waals surface area contributed by atoms with Gasteiger partial charge in [-0.1, -0.05) is 23.0 Å². The molecule has 0 saturated heterocycles. The van der Waals surface area contributed by atoms with E-state index in [1.807, 2.05) is 25.1 Å². The van der Waals surface area contributed by atoms with E-state index < -0.39 is 0 Å². The Hall–Kier alpha value is -1.55. The van der Waals surface area contributed by atoms with E-state index in [1.54, 1.807) is 0 Å². The maximum Gasteiger partial charge on any atom is 0.233 e. The molecule has 0 spiro atoms. The summed E-state index contributed by atoms with van der Waals surface area (Å²) < 4.78 is 11.1. The number of ether oxygens (including phenoxy) is 2. The monoisotopic (exact) mass is 236 g/mol. The van der Waals surface area contributed by atoms with E-state index >= 15 is 0 Å². The molecule has 0 bridgehead atoms. The molecular formula is C12H12O3S. The van der Waals surface area contributed by atoms with Gasteiger partial charge in [0.15, 0.2) is 0 Å². The molecule has 16 heavy (non-hydrogen) atoms. The highest BCUT2D eigenvalue weighted by Crippen LogP contribution is 2.33. The molecule has 0 aliphatic heterocycles. The molecule has 1 aromatic heterocycles. The van der Waals surface area contributed by atoms with Crippen LogP contribution in [0.15, 0.2) is 23.0 Å². The highest BCUT2D eigenvalue weighted by atomic mass is 32.1. The van der Waals surface area contributed by atoms with Gasteiger partial charge in [0.05, 0.1) is 14.2 Å². The molecule has 1 heterocycles. The van der Waals surface area contributed by atoms with Crippen LogP contribution in [0.2, 0.25) is 0 Å². The van der Waals surface area contributed by atoms with Gasteiger partial charge in [-0.25, -0.2) is 0 Å². The standard InChI is InChI=1S/C12H12O3S/c1-7-4-5-9-8(6-7)10(13)11(14-2)12(15-3)16-9/h4-6H,1-3H3. The Morgan fingerprint density at radius 3 is 2.56 bits per heavy atom. The maximum absolute atomic E-state index is 12.1. The number of hydrogen-bond donors (Lipinski definition) is 0. The molecule has 0 aliphatic rings. The van der Waals surface area contributed by atoms with Gasteiger partial charge >= 0.3 is 0 Å². The fourth-order valence-electron chi connectivity index (χ4n) is 1.58. The molecule has 0 aliphatic carbocycles. The molecule has 0 N–H and O–H groups in total. The van der Waals surface area contributed by atoms with E-state index in [1.165, 1.54) is 25.6 Å². The van der Waals surface area contributed by atoms with E-state index in [4.69, 9.17) is 9.47 Å². The molecule has 0 atom stereocenters. The molecule has 0 saturated carbocycles. The summed E-state index contributed by atoms with van der Waals surface area (Å²) >= 11 is 1.41. The number of benzene rings is 1. The number of rotatable bonds is 2. The highest BCUT2D eigenvalue weighted by Gasteiger charge is 2.13. The van der Waals surface area contributed by atoms with Gasteiger partial charge in [-0.2, -0.15) is 0 Å². The Kier molecular flexibility index (Phi) is 2.83. The Bertz CT molecular complexity index is 587. The summed E-state index contributed by atoms with van der Waals surface area (Å²) in [5, 5.41) is 1.20. The van der Waals surface area contributed by atoms with Gasteiger partial charge in [-0.15, -0.1) is 0 Å². The molecule has 3 nitrogen and oxygen atoms in total. The third-order valence-electron chi connectivity index (χ3n) is 2.36. The number of methoxy groups -OCH3 is 2. The first kappa shape index (κ1) is 11.0. The SMILES string of the molecule is COc1sc2ccc(C)cc2c(=O)c1OC. The Morgan fingerprint density at radius 2 is 1.94 bits per heavy atom. The van der Waals surface area contributed by atoms with Crippen LogP contribution < -0.4 is 14.9 Å². The van der Waals surface area contributed by atoms with Gasteiger partial charge in [0.1, 0.15) is 0 Å². The van der Waals surface area contributed by atoms with Crippen molar-refractivity contribution in [2.24, 2.45) is 0 Å². The van der Waals surface area contributed by atoms with Crippen molar-refractivity contribution in [1.29, 1.82) is 0 Å². The van der Waals surface area contributed by atoms with Crippen LogP contribution in [0.25, 0.3) is 10.1 Å². The van der Waals surface area contributed by atoms with Crippen LogP contribution in [-0.4, -0.2) is 14.2 Å². The molecule has 0 unspecified atom stereocenters. The summed E-state index contributed by atoms with van der Waals surface area (Å²) in [5.41, 5.74) is 0.945. The van der Waals surface area contributed by atoms with Gasteiger partial charge in [0, 0.05) is 10.1 Å². The number of aryl methyl sites for hydroxylation is 1. The van der Waals surface area contributed by atoms with Gasteiger partial charge in [0.25, 0.3) is 0 Å². The second kappa shape index (κ2) is 4.14. The zero-order chi connectivity index (χ0) is 11.7. The minimum Gasteiger partial charge on any atom is -0.489 e. The van der Waals surface area contributed by atoms with Gasteiger partial charge < -0.3 is 9.47 Å².